The monoisotopic (exact) mass is 298 g/mol. The molecule has 3 amide bonds. The van der Waals surface area contributed by atoms with Crippen LogP contribution in [0.1, 0.15) is 6.42 Å². The van der Waals surface area contributed by atoms with Crippen LogP contribution in [0, 0.1) is 0 Å². The Kier molecular flexibility index (Phi) is 5.81. The molecule has 0 aliphatic carbocycles. The van der Waals surface area contributed by atoms with Crippen molar-refractivity contribution in [2.45, 2.75) is 6.42 Å². The van der Waals surface area contributed by atoms with Crippen molar-refractivity contribution in [1.29, 1.82) is 0 Å². The quantitative estimate of drug-likeness (QED) is 0.707. The van der Waals surface area contributed by atoms with E-state index in [0.717, 1.165) is 6.54 Å². The van der Waals surface area contributed by atoms with Crippen LogP contribution in [0.5, 0.6) is 0 Å². The normalized spacial score (nSPS) is 20.0. The van der Waals surface area contributed by atoms with E-state index in [9.17, 15) is 9.59 Å². The summed E-state index contributed by atoms with van der Waals surface area (Å²) >= 11 is 0. The zero-order chi connectivity index (χ0) is 15.2. The molecule has 2 saturated heterocycles. The summed E-state index contributed by atoms with van der Waals surface area (Å²) in [6.07, 6.45) is 0.546. The van der Waals surface area contributed by atoms with Crippen LogP contribution in [0.3, 0.4) is 0 Å². The molecule has 0 radical (unpaired) electrons. The maximum absolute atomic E-state index is 12.3. The molecule has 0 atom stereocenters. The van der Waals surface area contributed by atoms with Crippen LogP contribution in [-0.4, -0.2) is 105 Å². The van der Waals surface area contributed by atoms with Gasteiger partial charge in [-0.3, -0.25) is 4.79 Å². The number of ether oxygens (including phenoxy) is 1. The third-order valence-corrected chi connectivity index (χ3v) is 3.96. The van der Waals surface area contributed by atoms with E-state index in [1.54, 1.807) is 0 Å². The standard InChI is InChI=1S/C14H26N4O3/c1-15(2)4-3-13(19)16-5-7-17(8-6-16)14(20)18-9-11-21-12-10-18/h3-12H2,1-2H3. The number of nitrogens with zero attached hydrogens (tertiary/aromatic N) is 4. The lowest BCUT2D eigenvalue weighted by Crippen LogP contribution is -2.55. The molecule has 2 aliphatic rings. The molecule has 0 bridgehead atoms. The van der Waals surface area contributed by atoms with Crippen LogP contribution in [0.4, 0.5) is 4.79 Å². The van der Waals surface area contributed by atoms with Crippen LogP contribution < -0.4 is 0 Å². The van der Waals surface area contributed by atoms with Gasteiger partial charge in [0.1, 0.15) is 0 Å². The van der Waals surface area contributed by atoms with Gasteiger partial charge in [-0.15, -0.1) is 0 Å². The molecule has 0 saturated carbocycles. The van der Waals surface area contributed by atoms with E-state index in [2.05, 4.69) is 0 Å². The Bertz CT molecular complexity index is 361. The van der Waals surface area contributed by atoms with Gasteiger partial charge in [0.15, 0.2) is 0 Å². The van der Waals surface area contributed by atoms with E-state index < -0.39 is 0 Å². The summed E-state index contributed by atoms with van der Waals surface area (Å²) in [4.78, 5) is 31.9. The molecular formula is C14H26N4O3. The number of carbonyl (C=O) groups is 2. The summed E-state index contributed by atoms with van der Waals surface area (Å²) in [7, 11) is 3.93. The van der Waals surface area contributed by atoms with E-state index in [4.69, 9.17) is 4.74 Å². The van der Waals surface area contributed by atoms with Crippen LogP contribution >= 0.6 is 0 Å². The van der Waals surface area contributed by atoms with Gasteiger partial charge >= 0.3 is 6.03 Å². The van der Waals surface area contributed by atoms with Crippen molar-refractivity contribution in [2.75, 3.05) is 73.1 Å². The second kappa shape index (κ2) is 7.61. The summed E-state index contributed by atoms with van der Waals surface area (Å²) in [5, 5.41) is 0. The number of hydrogen-bond acceptors (Lipinski definition) is 4. The molecule has 7 heteroatoms. The second-order valence-corrected chi connectivity index (χ2v) is 5.80. The van der Waals surface area contributed by atoms with Gasteiger partial charge in [0, 0.05) is 52.2 Å². The van der Waals surface area contributed by atoms with Crippen molar-refractivity contribution in [3.8, 4) is 0 Å². The summed E-state index contributed by atoms with van der Waals surface area (Å²) in [6.45, 7) is 5.88. The van der Waals surface area contributed by atoms with E-state index >= 15 is 0 Å². The number of rotatable bonds is 3. The highest BCUT2D eigenvalue weighted by atomic mass is 16.5. The van der Waals surface area contributed by atoms with E-state index in [1.165, 1.54) is 0 Å². The summed E-state index contributed by atoms with van der Waals surface area (Å²) in [6, 6.07) is 0.0821. The van der Waals surface area contributed by atoms with Gasteiger partial charge < -0.3 is 24.3 Å². The number of hydrogen-bond donors (Lipinski definition) is 0. The Morgan fingerprint density at radius 1 is 0.905 bits per heavy atom. The van der Waals surface area contributed by atoms with Crippen LogP contribution in [0.2, 0.25) is 0 Å². The van der Waals surface area contributed by atoms with Gasteiger partial charge in [-0.1, -0.05) is 0 Å². The molecule has 120 valence electrons. The van der Waals surface area contributed by atoms with Crippen LogP contribution in [0.25, 0.3) is 0 Å². The van der Waals surface area contributed by atoms with Crippen molar-refractivity contribution in [3.63, 3.8) is 0 Å². The minimum atomic E-state index is 0.0821. The predicted molar refractivity (Wildman–Crippen MR) is 79.1 cm³/mol. The molecule has 7 nitrogen and oxygen atoms in total. The first-order valence-electron chi connectivity index (χ1n) is 7.62. The molecule has 0 aromatic rings. The molecule has 2 heterocycles. The largest absolute Gasteiger partial charge is 0.378 e. The van der Waals surface area contributed by atoms with E-state index in [-0.39, 0.29) is 11.9 Å². The Balaban J connectivity index is 1.74. The third kappa shape index (κ3) is 4.57. The van der Waals surface area contributed by atoms with Crippen molar-refractivity contribution >= 4 is 11.9 Å². The number of piperazine rings is 1. The number of amides is 3. The lowest BCUT2D eigenvalue weighted by molar-refractivity contribution is -0.132. The topological polar surface area (TPSA) is 56.3 Å². The third-order valence-electron chi connectivity index (χ3n) is 3.96. The van der Waals surface area contributed by atoms with E-state index in [0.29, 0.717) is 58.9 Å². The molecule has 0 unspecified atom stereocenters. The SMILES string of the molecule is CN(C)CCC(=O)N1CCN(C(=O)N2CCOCC2)CC1. The molecule has 0 aromatic heterocycles. The van der Waals surface area contributed by atoms with Gasteiger partial charge in [0.2, 0.25) is 5.91 Å². The lowest BCUT2D eigenvalue weighted by atomic mass is 10.2. The molecule has 21 heavy (non-hydrogen) atoms. The summed E-state index contributed by atoms with van der Waals surface area (Å²) in [5.41, 5.74) is 0. The first-order chi connectivity index (χ1) is 10.1. The van der Waals surface area contributed by atoms with E-state index in [1.807, 2.05) is 33.7 Å². The van der Waals surface area contributed by atoms with Gasteiger partial charge in [0.05, 0.1) is 13.2 Å². The average molecular weight is 298 g/mol. The molecule has 0 aromatic carbocycles. The minimum Gasteiger partial charge on any atom is -0.378 e. The highest BCUT2D eigenvalue weighted by molar-refractivity contribution is 5.78. The Labute approximate surface area is 126 Å². The smallest absolute Gasteiger partial charge is 0.320 e. The van der Waals surface area contributed by atoms with Crippen LogP contribution in [0.15, 0.2) is 0 Å². The summed E-state index contributed by atoms with van der Waals surface area (Å²) < 4.78 is 5.26. The number of morpholine rings is 1. The molecule has 2 fully saturated rings. The van der Waals surface area contributed by atoms with Crippen LogP contribution in [-0.2, 0) is 9.53 Å². The van der Waals surface area contributed by atoms with Gasteiger partial charge in [-0.2, -0.15) is 0 Å². The minimum absolute atomic E-state index is 0.0821. The Morgan fingerprint density at radius 2 is 1.43 bits per heavy atom. The molecule has 0 spiro atoms. The molecule has 0 N–H and O–H groups in total. The average Bonchev–Trinajstić information content (AvgIpc) is 2.53. The lowest BCUT2D eigenvalue weighted by Gasteiger charge is -2.38. The first-order valence-corrected chi connectivity index (χ1v) is 7.62. The zero-order valence-corrected chi connectivity index (χ0v) is 13.1. The first kappa shape index (κ1) is 16.0. The maximum atomic E-state index is 12.3. The summed E-state index contributed by atoms with van der Waals surface area (Å²) in [5.74, 6) is 0.183. The molecular weight excluding hydrogens is 272 g/mol. The van der Waals surface area contributed by atoms with Crippen molar-refractivity contribution in [3.05, 3.63) is 0 Å². The van der Waals surface area contributed by atoms with Gasteiger partial charge in [-0.25, -0.2) is 4.79 Å². The highest BCUT2D eigenvalue weighted by Gasteiger charge is 2.27. The van der Waals surface area contributed by atoms with Gasteiger partial charge in [-0.05, 0) is 14.1 Å². The highest BCUT2D eigenvalue weighted by Crippen LogP contribution is 2.09. The maximum Gasteiger partial charge on any atom is 0.320 e. The fourth-order valence-electron chi connectivity index (χ4n) is 2.58. The predicted octanol–water partition coefficient (Wildman–Crippen LogP) is -0.465. The van der Waals surface area contributed by atoms with Crippen molar-refractivity contribution < 1.29 is 14.3 Å². The zero-order valence-electron chi connectivity index (χ0n) is 13.1. The number of urea groups is 1. The Morgan fingerprint density at radius 3 is 2.00 bits per heavy atom. The number of carbonyl (C=O) groups excluding carboxylic acids is 2. The second-order valence-electron chi connectivity index (χ2n) is 5.80. The fourth-order valence-corrected chi connectivity index (χ4v) is 2.58. The Hall–Kier alpha value is -1.34. The van der Waals surface area contributed by atoms with Crippen molar-refractivity contribution in [1.82, 2.24) is 19.6 Å². The molecule has 2 aliphatic heterocycles. The fraction of sp³-hybridized carbons (Fsp3) is 0.857. The van der Waals surface area contributed by atoms with Gasteiger partial charge in [0.25, 0.3) is 0 Å². The van der Waals surface area contributed by atoms with Crippen molar-refractivity contribution in [2.24, 2.45) is 0 Å². The molecule has 2 rings (SSSR count).